The van der Waals surface area contributed by atoms with Gasteiger partial charge < -0.3 is 4.74 Å². The predicted octanol–water partition coefficient (Wildman–Crippen LogP) is 4.94. The summed E-state index contributed by atoms with van der Waals surface area (Å²) in [5.41, 5.74) is -0.404. The van der Waals surface area contributed by atoms with Gasteiger partial charge in [0.25, 0.3) is 0 Å². The Morgan fingerprint density at radius 2 is 1.45 bits per heavy atom. The first-order chi connectivity index (χ1) is 9.71. The molecule has 2 rings (SSSR count). The Kier molecular flexibility index (Phi) is 6.35. The molecule has 0 amide bonds. The standard InChI is InChI=1S/C17H29ClO2/c1-2-20-13-17(16(18)19,14-9-5-3-6-10-14)15-11-7-4-8-12-15/h14-15H,2-13H2,1H3. The molecule has 2 aliphatic rings. The molecule has 0 aromatic rings. The number of hydrogen-bond acceptors (Lipinski definition) is 2. The van der Waals surface area contributed by atoms with Crippen LogP contribution in [0.2, 0.25) is 0 Å². The highest BCUT2D eigenvalue weighted by Gasteiger charge is 2.50. The second-order valence-electron chi connectivity index (χ2n) is 6.62. The van der Waals surface area contributed by atoms with Crippen LogP contribution >= 0.6 is 11.6 Å². The normalized spacial score (nSPS) is 22.9. The lowest BCUT2D eigenvalue weighted by molar-refractivity contribution is -0.137. The third-order valence-electron chi connectivity index (χ3n) is 5.58. The molecule has 0 spiro atoms. The minimum absolute atomic E-state index is 0.121. The minimum atomic E-state index is -0.404. The van der Waals surface area contributed by atoms with E-state index in [-0.39, 0.29) is 5.24 Å². The lowest BCUT2D eigenvalue weighted by Gasteiger charge is -2.46. The molecule has 0 saturated heterocycles. The van der Waals surface area contributed by atoms with Gasteiger partial charge >= 0.3 is 0 Å². The van der Waals surface area contributed by atoms with Crippen LogP contribution in [0.3, 0.4) is 0 Å². The van der Waals surface area contributed by atoms with E-state index < -0.39 is 5.41 Å². The van der Waals surface area contributed by atoms with Gasteiger partial charge in [0.2, 0.25) is 5.24 Å². The maximum atomic E-state index is 12.5. The van der Waals surface area contributed by atoms with Gasteiger partial charge in [-0.1, -0.05) is 38.5 Å². The number of rotatable bonds is 6. The molecule has 2 aliphatic carbocycles. The van der Waals surface area contributed by atoms with E-state index in [2.05, 4.69) is 0 Å². The van der Waals surface area contributed by atoms with Crippen LogP contribution in [0.5, 0.6) is 0 Å². The fraction of sp³-hybridized carbons (Fsp3) is 0.941. The smallest absolute Gasteiger partial charge is 0.230 e. The van der Waals surface area contributed by atoms with E-state index in [1.165, 1.54) is 38.5 Å². The maximum absolute atomic E-state index is 12.5. The molecular formula is C17H29ClO2. The van der Waals surface area contributed by atoms with Gasteiger partial charge in [0.05, 0.1) is 12.0 Å². The van der Waals surface area contributed by atoms with E-state index in [1.807, 2.05) is 6.92 Å². The number of carbonyl (C=O) groups is 1. The van der Waals surface area contributed by atoms with E-state index in [1.54, 1.807) is 0 Å². The summed E-state index contributed by atoms with van der Waals surface area (Å²) in [6.45, 7) is 3.22. The third kappa shape index (κ3) is 3.39. The van der Waals surface area contributed by atoms with E-state index in [4.69, 9.17) is 16.3 Å². The number of carbonyl (C=O) groups excluding carboxylic acids is 1. The molecule has 20 heavy (non-hydrogen) atoms. The molecule has 2 saturated carbocycles. The SMILES string of the molecule is CCOCC(C(=O)Cl)(C1CCCCC1)C1CCCCC1. The number of halogens is 1. The summed E-state index contributed by atoms with van der Waals surface area (Å²) in [5.74, 6) is 0.881. The van der Waals surface area contributed by atoms with Gasteiger partial charge in [-0.2, -0.15) is 0 Å². The summed E-state index contributed by atoms with van der Waals surface area (Å²) in [7, 11) is 0. The van der Waals surface area contributed by atoms with Crippen molar-refractivity contribution in [2.24, 2.45) is 17.3 Å². The highest BCUT2D eigenvalue weighted by molar-refractivity contribution is 6.64. The molecular weight excluding hydrogens is 272 g/mol. The van der Waals surface area contributed by atoms with E-state index in [9.17, 15) is 4.79 Å². The average molecular weight is 301 g/mol. The Balaban J connectivity index is 2.23. The van der Waals surface area contributed by atoms with E-state index in [0.717, 1.165) is 25.7 Å². The van der Waals surface area contributed by atoms with E-state index in [0.29, 0.717) is 25.0 Å². The highest BCUT2D eigenvalue weighted by atomic mass is 35.5. The predicted molar refractivity (Wildman–Crippen MR) is 82.9 cm³/mol. The van der Waals surface area contributed by atoms with E-state index >= 15 is 0 Å². The van der Waals surface area contributed by atoms with Crippen molar-refractivity contribution in [2.45, 2.75) is 71.1 Å². The Hall–Kier alpha value is -0.0800. The van der Waals surface area contributed by atoms with Crippen LogP contribution in [0.4, 0.5) is 0 Å². The van der Waals surface area contributed by atoms with Crippen LogP contribution in [0.15, 0.2) is 0 Å². The Bertz CT molecular complexity index is 286. The molecule has 2 fully saturated rings. The van der Waals surface area contributed by atoms with Gasteiger partial charge in [0.15, 0.2) is 0 Å². The van der Waals surface area contributed by atoms with Crippen molar-refractivity contribution in [1.29, 1.82) is 0 Å². The Labute approximate surface area is 128 Å². The summed E-state index contributed by atoms with van der Waals surface area (Å²) in [5, 5.41) is -0.121. The fourth-order valence-corrected chi connectivity index (χ4v) is 4.82. The summed E-state index contributed by atoms with van der Waals surface area (Å²) >= 11 is 6.18. The quantitative estimate of drug-likeness (QED) is 0.650. The molecule has 0 aliphatic heterocycles. The van der Waals surface area contributed by atoms with Gasteiger partial charge in [0, 0.05) is 6.61 Å². The molecule has 0 unspecified atom stereocenters. The molecule has 0 atom stereocenters. The van der Waals surface area contributed by atoms with Crippen LogP contribution in [-0.4, -0.2) is 18.5 Å². The topological polar surface area (TPSA) is 26.3 Å². The zero-order valence-corrected chi connectivity index (χ0v) is 13.6. The second-order valence-corrected chi connectivity index (χ2v) is 6.96. The average Bonchev–Trinajstić information content (AvgIpc) is 2.50. The molecule has 0 bridgehead atoms. The van der Waals surface area contributed by atoms with Crippen molar-refractivity contribution < 1.29 is 9.53 Å². The van der Waals surface area contributed by atoms with Gasteiger partial charge in [0.1, 0.15) is 0 Å². The minimum Gasteiger partial charge on any atom is -0.381 e. The third-order valence-corrected chi connectivity index (χ3v) is 5.93. The Morgan fingerprint density at radius 3 is 1.80 bits per heavy atom. The first kappa shape index (κ1) is 16.3. The fourth-order valence-electron chi connectivity index (χ4n) is 4.45. The molecule has 0 heterocycles. The molecule has 0 aromatic heterocycles. The van der Waals surface area contributed by atoms with Gasteiger partial charge in [-0.15, -0.1) is 0 Å². The summed E-state index contributed by atoms with van der Waals surface area (Å²) in [6.07, 6.45) is 12.2. The summed E-state index contributed by atoms with van der Waals surface area (Å²) in [6, 6.07) is 0. The molecule has 116 valence electrons. The van der Waals surface area contributed by atoms with Crippen LogP contribution in [0.25, 0.3) is 0 Å². The summed E-state index contributed by atoms with van der Waals surface area (Å²) in [4.78, 5) is 12.5. The lowest BCUT2D eigenvalue weighted by Crippen LogP contribution is -2.48. The van der Waals surface area contributed by atoms with Crippen molar-refractivity contribution in [3.8, 4) is 0 Å². The first-order valence-electron chi connectivity index (χ1n) is 8.49. The molecule has 0 radical (unpaired) electrons. The molecule has 2 nitrogen and oxygen atoms in total. The second kappa shape index (κ2) is 7.79. The van der Waals surface area contributed by atoms with Crippen molar-refractivity contribution >= 4 is 16.8 Å². The van der Waals surface area contributed by atoms with Crippen molar-refractivity contribution in [1.82, 2.24) is 0 Å². The zero-order valence-electron chi connectivity index (χ0n) is 12.8. The van der Waals surface area contributed by atoms with Crippen LogP contribution in [0, 0.1) is 17.3 Å². The molecule has 3 heteroatoms. The lowest BCUT2D eigenvalue weighted by atomic mass is 9.59. The monoisotopic (exact) mass is 300 g/mol. The largest absolute Gasteiger partial charge is 0.381 e. The van der Waals surface area contributed by atoms with Crippen LogP contribution in [0.1, 0.15) is 71.1 Å². The van der Waals surface area contributed by atoms with Crippen molar-refractivity contribution in [3.63, 3.8) is 0 Å². The first-order valence-corrected chi connectivity index (χ1v) is 8.87. The summed E-state index contributed by atoms with van der Waals surface area (Å²) < 4.78 is 5.76. The molecule has 0 aromatic carbocycles. The van der Waals surface area contributed by atoms with Gasteiger partial charge in [-0.05, 0) is 56.0 Å². The number of ether oxygens (including phenoxy) is 1. The van der Waals surface area contributed by atoms with Crippen LogP contribution < -0.4 is 0 Å². The van der Waals surface area contributed by atoms with Crippen molar-refractivity contribution in [2.75, 3.05) is 13.2 Å². The zero-order chi connectivity index (χ0) is 14.4. The van der Waals surface area contributed by atoms with Gasteiger partial charge in [-0.3, -0.25) is 4.79 Å². The number of hydrogen-bond donors (Lipinski definition) is 0. The van der Waals surface area contributed by atoms with Crippen LogP contribution in [-0.2, 0) is 9.53 Å². The molecule has 0 N–H and O–H groups in total. The Morgan fingerprint density at radius 1 is 1.00 bits per heavy atom. The van der Waals surface area contributed by atoms with Crippen molar-refractivity contribution in [3.05, 3.63) is 0 Å². The van der Waals surface area contributed by atoms with Gasteiger partial charge in [-0.25, -0.2) is 0 Å². The maximum Gasteiger partial charge on any atom is 0.230 e. The highest BCUT2D eigenvalue weighted by Crippen LogP contribution is 2.50.